The number of aromatic carboxylic acids is 1. The molecule has 1 fully saturated rings. The number of aromatic nitrogens is 1. The Labute approximate surface area is 135 Å². The van der Waals surface area contributed by atoms with Crippen LogP contribution >= 0.6 is 12.4 Å². The molecule has 3 N–H and O–H groups in total. The van der Waals surface area contributed by atoms with Crippen molar-refractivity contribution in [2.24, 2.45) is 5.73 Å². The number of pyridine rings is 2. The summed E-state index contributed by atoms with van der Waals surface area (Å²) in [5.74, 6) is -3.28. The smallest absolute Gasteiger partial charge is 0.341 e. The third-order valence-corrected chi connectivity index (χ3v) is 3.79. The van der Waals surface area contributed by atoms with Crippen LogP contribution in [0.15, 0.2) is 23.1 Å². The monoisotopic (exact) mass is 345 g/mol. The summed E-state index contributed by atoms with van der Waals surface area (Å²) >= 11 is 0. The van der Waals surface area contributed by atoms with E-state index >= 15 is 0 Å². The molecule has 3 rings (SSSR count). The maximum Gasteiger partial charge on any atom is 0.341 e. The van der Waals surface area contributed by atoms with Gasteiger partial charge in [-0.1, -0.05) is 0 Å². The Balaban J connectivity index is 0.00000192. The summed E-state index contributed by atoms with van der Waals surface area (Å²) in [6, 6.07) is 2.01. The second kappa shape index (κ2) is 6.13. The summed E-state index contributed by atoms with van der Waals surface area (Å²) in [7, 11) is 0. The lowest BCUT2D eigenvalue weighted by Crippen LogP contribution is -2.29. The van der Waals surface area contributed by atoms with Gasteiger partial charge in [-0.15, -0.1) is 12.4 Å². The minimum atomic E-state index is -1.45. The summed E-state index contributed by atoms with van der Waals surface area (Å²) < 4.78 is 29.5. The molecule has 0 spiro atoms. The maximum absolute atomic E-state index is 14.6. The van der Waals surface area contributed by atoms with Gasteiger partial charge in [0.2, 0.25) is 0 Å². The fraction of sp³-hybridized carbons (Fsp3) is 0.286. The Morgan fingerprint density at radius 1 is 1.35 bits per heavy atom. The largest absolute Gasteiger partial charge is 0.477 e. The number of rotatable bonds is 2. The van der Waals surface area contributed by atoms with Crippen LogP contribution in [-0.4, -0.2) is 34.6 Å². The van der Waals surface area contributed by atoms with Crippen LogP contribution in [0.25, 0.3) is 5.52 Å². The Bertz CT molecular complexity index is 840. The van der Waals surface area contributed by atoms with Crippen molar-refractivity contribution in [1.82, 2.24) is 4.40 Å². The van der Waals surface area contributed by atoms with Gasteiger partial charge in [-0.2, -0.15) is 0 Å². The van der Waals surface area contributed by atoms with E-state index in [0.29, 0.717) is 23.9 Å². The Morgan fingerprint density at radius 3 is 2.61 bits per heavy atom. The van der Waals surface area contributed by atoms with Crippen molar-refractivity contribution in [1.29, 1.82) is 0 Å². The molecule has 1 aliphatic heterocycles. The molecule has 0 saturated carbocycles. The zero-order valence-corrected chi connectivity index (χ0v) is 12.6. The fourth-order valence-electron chi connectivity index (χ4n) is 2.70. The number of anilines is 1. The van der Waals surface area contributed by atoms with Gasteiger partial charge >= 0.3 is 5.97 Å². The molecule has 1 saturated heterocycles. The molecule has 1 unspecified atom stereocenters. The number of hydrogen-bond acceptors (Lipinski definition) is 4. The van der Waals surface area contributed by atoms with E-state index in [9.17, 15) is 18.4 Å². The molecule has 23 heavy (non-hydrogen) atoms. The van der Waals surface area contributed by atoms with Gasteiger partial charge in [0, 0.05) is 19.1 Å². The van der Waals surface area contributed by atoms with E-state index in [1.165, 1.54) is 4.90 Å². The SMILES string of the molecule is Cl.NC1CCN(c2c(F)cn3c(=O)c(C(=O)O)ccc3c2F)C1. The lowest BCUT2D eigenvalue weighted by molar-refractivity contribution is 0.0694. The Morgan fingerprint density at radius 2 is 2.04 bits per heavy atom. The van der Waals surface area contributed by atoms with Gasteiger partial charge < -0.3 is 15.7 Å². The van der Waals surface area contributed by atoms with Crippen LogP contribution in [-0.2, 0) is 0 Å². The van der Waals surface area contributed by atoms with Gasteiger partial charge in [-0.25, -0.2) is 13.6 Å². The van der Waals surface area contributed by atoms with E-state index in [1.807, 2.05) is 0 Å². The molecular formula is C14H14ClF2N3O3. The zero-order chi connectivity index (χ0) is 16.0. The van der Waals surface area contributed by atoms with E-state index in [4.69, 9.17) is 10.8 Å². The zero-order valence-electron chi connectivity index (χ0n) is 11.8. The van der Waals surface area contributed by atoms with E-state index in [-0.39, 0.29) is 29.7 Å². The number of halogens is 3. The van der Waals surface area contributed by atoms with Gasteiger partial charge in [0.05, 0.1) is 11.7 Å². The van der Waals surface area contributed by atoms with Crippen molar-refractivity contribution >= 4 is 29.6 Å². The molecule has 9 heteroatoms. The summed E-state index contributed by atoms with van der Waals surface area (Å²) in [5, 5.41) is 8.90. The molecule has 124 valence electrons. The predicted molar refractivity (Wildman–Crippen MR) is 82.6 cm³/mol. The van der Waals surface area contributed by atoms with Crippen LogP contribution in [0.5, 0.6) is 0 Å². The third-order valence-electron chi connectivity index (χ3n) is 3.79. The van der Waals surface area contributed by atoms with E-state index < -0.39 is 28.7 Å². The lowest BCUT2D eigenvalue weighted by atomic mass is 10.2. The molecule has 0 amide bonds. The van der Waals surface area contributed by atoms with Crippen LogP contribution in [0.1, 0.15) is 16.8 Å². The predicted octanol–water partition coefficient (Wildman–Crippen LogP) is 1.24. The van der Waals surface area contributed by atoms with Crippen molar-refractivity contribution in [3.05, 3.63) is 45.9 Å². The number of hydrogen-bond donors (Lipinski definition) is 2. The minimum absolute atomic E-state index is 0. The number of carbonyl (C=O) groups is 1. The molecule has 2 aromatic rings. The Hall–Kier alpha value is -2.19. The molecule has 6 nitrogen and oxygen atoms in total. The average molecular weight is 346 g/mol. The van der Waals surface area contributed by atoms with Crippen LogP contribution in [0.3, 0.4) is 0 Å². The first-order valence-corrected chi connectivity index (χ1v) is 6.67. The van der Waals surface area contributed by atoms with Gasteiger partial charge in [0.25, 0.3) is 5.56 Å². The number of nitrogens with zero attached hydrogens (tertiary/aromatic N) is 2. The standard InChI is InChI=1S/C14H13F2N3O3.ClH/c15-9-6-19-10(2-1-8(13(19)20)14(21)22)11(16)12(9)18-4-3-7(17)5-18;/h1-2,6-7H,3-5,17H2,(H,21,22);1H. The van der Waals surface area contributed by atoms with Gasteiger partial charge in [-0.05, 0) is 18.6 Å². The Kier molecular flexibility index (Phi) is 4.58. The van der Waals surface area contributed by atoms with E-state index in [1.54, 1.807) is 0 Å². The highest BCUT2D eigenvalue weighted by atomic mass is 35.5. The van der Waals surface area contributed by atoms with Gasteiger partial charge in [0.1, 0.15) is 11.3 Å². The first-order chi connectivity index (χ1) is 10.4. The van der Waals surface area contributed by atoms with Crippen LogP contribution in [0.4, 0.5) is 14.5 Å². The summed E-state index contributed by atoms with van der Waals surface area (Å²) in [6.45, 7) is 0.740. The number of fused-ring (bicyclic) bond motifs is 1. The van der Waals surface area contributed by atoms with Crippen molar-refractivity contribution in [3.8, 4) is 0 Å². The molecule has 3 heterocycles. The average Bonchev–Trinajstić information content (AvgIpc) is 2.86. The normalized spacial score (nSPS) is 17.3. The highest BCUT2D eigenvalue weighted by Gasteiger charge is 2.27. The summed E-state index contributed by atoms with van der Waals surface area (Å²) in [4.78, 5) is 24.4. The van der Waals surface area contributed by atoms with Crippen molar-refractivity contribution in [2.45, 2.75) is 12.5 Å². The topological polar surface area (TPSA) is 88.0 Å². The van der Waals surface area contributed by atoms with Gasteiger partial charge in [0.15, 0.2) is 11.6 Å². The molecular weight excluding hydrogens is 332 g/mol. The van der Waals surface area contributed by atoms with Crippen LogP contribution < -0.4 is 16.2 Å². The summed E-state index contributed by atoms with van der Waals surface area (Å²) in [6.07, 6.45) is 1.43. The first kappa shape index (κ1) is 17.2. The summed E-state index contributed by atoms with van der Waals surface area (Å²) in [5.41, 5.74) is 3.80. The molecule has 0 bridgehead atoms. The van der Waals surface area contributed by atoms with Crippen LogP contribution in [0.2, 0.25) is 0 Å². The second-order valence-electron chi connectivity index (χ2n) is 5.25. The fourth-order valence-corrected chi connectivity index (χ4v) is 2.70. The van der Waals surface area contributed by atoms with Crippen molar-refractivity contribution < 1.29 is 18.7 Å². The molecule has 0 aromatic carbocycles. The molecule has 0 aliphatic carbocycles. The number of carboxylic acid groups (broad SMARTS) is 1. The molecule has 1 atom stereocenters. The quantitative estimate of drug-likeness (QED) is 0.855. The highest BCUT2D eigenvalue weighted by molar-refractivity contribution is 5.87. The van der Waals surface area contributed by atoms with E-state index in [0.717, 1.165) is 18.3 Å². The highest BCUT2D eigenvalue weighted by Crippen LogP contribution is 2.28. The molecule has 0 radical (unpaired) electrons. The molecule has 1 aliphatic rings. The second-order valence-corrected chi connectivity index (χ2v) is 5.25. The first-order valence-electron chi connectivity index (χ1n) is 6.67. The van der Waals surface area contributed by atoms with Crippen LogP contribution in [0, 0.1) is 11.6 Å². The van der Waals surface area contributed by atoms with Gasteiger partial charge in [-0.3, -0.25) is 9.20 Å². The van der Waals surface area contributed by atoms with Crippen molar-refractivity contribution in [2.75, 3.05) is 18.0 Å². The maximum atomic E-state index is 14.6. The molecule has 2 aromatic heterocycles. The lowest BCUT2D eigenvalue weighted by Gasteiger charge is -2.20. The number of nitrogens with two attached hydrogens (primary N) is 1. The number of carboxylic acids is 1. The van der Waals surface area contributed by atoms with E-state index in [2.05, 4.69) is 0 Å². The van der Waals surface area contributed by atoms with Crippen molar-refractivity contribution in [3.63, 3.8) is 0 Å². The third kappa shape index (κ3) is 2.75. The minimum Gasteiger partial charge on any atom is -0.477 e.